The Morgan fingerprint density at radius 2 is 2.11 bits per heavy atom. The van der Waals surface area contributed by atoms with E-state index in [2.05, 4.69) is 15.5 Å². The number of azide groups is 1. The van der Waals surface area contributed by atoms with E-state index >= 15 is 0 Å². The molecule has 0 aliphatic carbocycles. The van der Waals surface area contributed by atoms with E-state index in [9.17, 15) is 0 Å². The molecule has 0 fully saturated rings. The first-order valence-electron chi connectivity index (χ1n) is 5.95. The first kappa shape index (κ1) is 14.3. The molecular formula is C12H18N4O2. The number of aliphatic hydroxyl groups excluding tert-OH is 1. The van der Waals surface area contributed by atoms with Gasteiger partial charge in [-0.15, -0.1) is 0 Å². The van der Waals surface area contributed by atoms with Gasteiger partial charge in [0.1, 0.15) is 6.10 Å². The second-order valence-electron chi connectivity index (χ2n) is 3.84. The van der Waals surface area contributed by atoms with Gasteiger partial charge in [0, 0.05) is 11.5 Å². The fourth-order valence-electron chi connectivity index (χ4n) is 1.44. The number of hydrogen-bond acceptors (Lipinski definition) is 4. The van der Waals surface area contributed by atoms with E-state index in [-0.39, 0.29) is 12.7 Å². The highest BCUT2D eigenvalue weighted by atomic mass is 16.7. The van der Waals surface area contributed by atoms with Crippen molar-refractivity contribution in [2.75, 3.05) is 18.6 Å². The van der Waals surface area contributed by atoms with Gasteiger partial charge in [0.2, 0.25) is 0 Å². The molecule has 0 saturated carbocycles. The highest BCUT2D eigenvalue weighted by Crippen LogP contribution is 2.09. The number of rotatable bonds is 9. The molecule has 1 aromatic rings. The average Bonchev–Trinajstić information content (AvgIpc) is 2.43. The van der Waals surface area contributed by atoms with Crippen LogP contribution in [0.15, 0.2) is 35.4 Å². The van der Waals surface area contributed by atoms with E-state index in [1.807, 2.05) is 30.3 Å². The van der Waals surface area contributed by atoms with Crippen molar-refractivity contribution in [3.05, 3.63) is 40.8 Å². The summed E-state index contributed by atoms with van der Waals surface area (Å²) in [7, 11) is 0. The van der Waals surface area contributed by atoms with Crippen LogP contribution in [0.4, 0.5) is 5.69 Å². The number of aliphatic hydroxyl groups is 1. The summed E-state index contributed by atoms with van der Waals surface area (Å²) in [5, 5.41) is 12.6. The molecule has 6 heteroatoms. The van der Waals surface area contributed by atoms with Crippen molar-refractivity contribution in [1.29, 1.82) is 0 Å². The lowest BCUT2D eigenvalue weighted by Gasteiger charge is -2.15. The molecule has 0 amide bonds. The van der Waals surface area contributed by atoms with Gasteiger partial charge in [0.15, 0.2) is 0 Å². The zero-order valence-corrected chi connectivity index (χ0v) is 10.2. The highest BCUT2D eigenvalue weighted by molar-refractivity contribution is 5.40. The third kappa shape index (κ3) is 6.10. The maximum Gasteiger partial charge on any atom is 0.108 e. The number of benzene rings is 1. The summed E-state index contributed by atoms with van der Waals surface area (Å²) in [6.45, 7) is 0.447. The number of hydrogen-bond donors (Lipinski definition) is 2. The summed E-state index contributed by atoms with van der Waals surface area (Å²) in [6, 6.07) is 9.50. The normalized spacial score (nSPS) is 11.6. The van der Waals surface area contributed by atoms with Crippen LogP contribution in [-0.2, 0) is 4.84 Å². The number of para-hydroxylation sites is 1. The smallest absolute Gasteiger partial charge is 0.108 e. The predicted octanol–water partition coefficient (Wildman–Crippen LogP) is 2.87. The lowest BCUT2D eigenvalue weighted by atomic mass is 10.1. The maximum absolute atomic E-state index is 9.16. The summed E-state index contributed by atoms with van der Waals surface area (Å²) >= 11 is 0. The monoisotopic (exact) mass is 250 g/mol. The van der Waals surface area contributed by atoms with Crippen molar-refractivity contribution in [2.45, 2.75) is 25.4 Å². The van der Waals surface area contributed by atoms with Crippen LogP contribution in [0.2, 0.25) is 0 Å². The van der Waals surface area contributed by atoms with Crippen molar-refractivity contribution in [1.82, 2.24) is 0 Å². The fraction of sp³-hybridized carbons (Fsp3) is 0.500. The van der Waals surface area contributed by atoms with Gasteiger partial charge >= 0.3 is 0 Å². The molecule has 0 bridgehead atoms. The van der Waals surface area contributed by atoms with Crippen LogP contribution in [0, 0.1) is 0 Å². The molecule has 0 spiro atoms. The van der Waals surface area contributed by atoms with Gasteiger partial charge in [-0.3, -0.25) is 10.3 Å². The van der Waals surface area contributed by atoms with Crippen LogP contribution in [0.5, 0.6) is 0 Å². The summed E-state index contributed by atoms with van der Waals surface area (Å²) in [6.07, 6.45) is 2.11. The molecule has 0 aliphatic rings. The Labute approximate surface area is 106 Å². The van der Waals surface area contributed by atoms with Crippen molar-refractivity contribution in [3.63, 3.8) is 0 Å². The molecule has 1 aromatic carbocycles. The summed E-state index contributed by atoms with van der Waals surface area (Å²) < 4.78 is 0. The van der Waals surface area contributed by atoms with Crippen LogP contribution in [0.3, 0.4) is 0 Å². The second kappa shape index (κ2) is 9.30. The summed E-state index contributed by atoms with van der Waals surface area (Å²) in [4.78, 5) is 8.06. The first-order valence-corrected chi connectivity index (χ1v) is 5.95. The van der Waals surface area contributed by atoms with Gasteiger partial charge in [0.25, 0.3) is 0 Å². The van der Waals surface area contributed by atoms with Gasteiger partial charge in [-0.05, 0) is 30.5 Å². The van der Waals surface area contributed by atoms with Crippen LogP contribution in [0.25, 0.3) is 10.4 Å². The molecule has 0 heterocycles. The van der Waals surface area contributed by atoms with Crippen LogP contribution in [0.1, 0.15) is 19.3 Å². The molecule has 0 aliphatic heterocycles. The second-order valence-corrected chi connectivity index (χ2v) is 3.84. The van der Waals surface area contributed by atoms with E-state index in [1.54, 1.807) is 0 Å². The van der Waals surface area contributed by atoms with Gasteiger partial charge in [-0.25, -0.2) is 0 Å². The van der Waals surface area contributed by atoms with Gasteiger partial charge in [0.05, 0.1) is 12.3 Å². The number of nitrogens with zero attached hydrogens (tertiary/aromatic N) is 3. The Bertz CT molecular complexity index is 366. The van der Waals surface area contributed by atoms with Crippen molar-refractivity contribution in [2.24, 2.45) is 5.11 Å². The molecule has 18 heavy (non-hydrogen) atoms. The largest absolute Gasteiger partial charge is 0.394 e. The Kier molecular flexibility index (Phi) is 7.39. The van der Waals surface area contributed by atoms with Gasteiger partial charge in [-0.2, -0.15) is 0 Å². The lowest BCUT2D eigenvalue weighted by molar-refractivity contribution is 0.0399. The van der Waals surface area contributed by atoms with E-state index in [0.717, 1.165) is 24.9 Å². The topological polar surface area (TPSA) is 90.3 Å². The quantitative estimate of drug-likeness (QED) is 0.232. The Morgan fingerprint density at radius 3 is 2.78 bits per heavy atom. The SMILES string of the molecule is [N-]=[N+]=NCCCC[C@H](CO)ONc1ccccc1. The van der Waals surface area contributed by atoms with Crippen molar-refractivity contribution >= 4 is 5.69 Å². The molecule has 0 unspecified atom stereocenters. The summed E-state index contributed by atoms with van der Waals surface area (Å²) in [5.74, 6) is 0. The fourth-order valence-corrected chi connectivity index (χ4v) is 1.44. The lowest BCUT2D eigenvalue weighted by Crippen LogP contribution is -2.21. The van der Waals surface area contributed by atoms with Crippen LogP contribution in [-0.4, -0.2) is 24.4 Å². The Hall–Kier alpha value is -1.75. The number of unbranched alkanes of at least 4 members (excludes halogenated alkanes) is 1. The Morgan fingerprint density at radius 1 is 1.33 bits per heavy atom. The molecule has 0 radical (unpaired) electrons. The predicted molar refractivity (Wildman–Crippen MR) is 69.9 cm³/mol. The first-order chi connectivity index (χ1) is 8.86. The molecule has 1 atom stereocenters. The van der Waals surface area contributed by atoms with Crippen LogP contribution < -0.4 is 5.48 Å². The molecule has 98 valence electrons. The zero-order chi connectivity index (χ0) is 13.1. The Balaban J connectivity index is 2.19. The third-order valence-corrected chi connectivity index (χ3v) is 2.42. The number of nitrogens with one attached hydrogen (secondary N) is 1. The van der Waals surface area contributed by atoms with E-state index in [1.165, 1.54) is 0 Å². The van der Waals surface area contributed by atoms with Gasteiger partial charge in [-0.1, -0.05) is 29.7 Å². The van der Waals surface area contributed by atoms with Gasteiger partial charge < -0.3 is 5.11 Å². The minimum absolute atomic E-state index is 0.0403. The standard InChI is InChI=1S/C12H18N4O2/c13-16-14-9-5-4-8-12(10-17)18-15-11-6-2-1-3-7-11/h1-3,6-7,12,15,17H,4-5,8-10H2/t12-/m1/s1. The molecule has 2 N–H and O–H groups in total. The molecule has 0 saturated heterocycles. The average molecular weight is 250 g/mol. The minimum Gasteiger partial charge on any atom is -0.394 e. The maximum atomic E-state index is 9.16. The zero-order valence-electron chi connectivity index (χ0n) is 10.2. The van der Waals surface area contributed by atoms with E-state index in [0.29, 0.717) is 6.54 Å². The van der Waals surface area contributed by atoms with Crippen LogP contribution >= 0.6 is 0 Å². The molecular weight excluding hydrogens is 232 g/mol. The number of anilines is 1. The van der Waals surface area contributed by atoms with E-state index < -0.39 is 0 Å². The van der Waals surface area contributed by atoms with E-state index in [4.69, 9.17) is 15.5 Å². The molecule has 6 nitrogen and oxygen atoms in total. The van der Waals surface area contributed by atoms with Crippen molar-refractivity contribution in [3.8, 4) is 0 Å². The highest BCUT2D eigenvalue weighted by Gasteiger charge is 2.07. The summed E-state index contributed by atoms with van der Waals surface area (Å²) in [5.41, 5.74) is 11.8. The van der Waals surface area contributed by atoms with Crippen molar-refractivity contribution < 1.29 is 9.94 Å². The minimum atomic E-state index is -0.253. The molecule has 0 aromatic heterocycles. The third-order valence-electron chi connectivity index (χ3n) is 2.42. The molecule has 1 rings (SSSR count).